The van der Waals surface area contributed by atoms with Crippen molar-refractivity contribution in [2.24, 2.45) is 0 Å². The predicted molar refractivity (Wildman–Crippen MR) is 75.9 cm³/mol. The Labute approximate surface area is 109 Å². The Hall–Kier alpha value is -1.77. The molecule has 0 aliphatic rings. The summed E-state index contributed by atoms with van der Waals surface area (Å²) >= 11 is 0. The molecule has 1 heterocycles. The Kier molecular flexibility index (Phi) is 4.40. The van der Waals surface area contributed by atoms with E-state index >= 15 is 0 Å². The van der Waals surface area contributed by atoms with Crippen LogP contribution in [0.3, 0.4) is 0 Å². The molecule has 2 rings (SSSR count). The molecule has 18 heavy (non-hydrogen) atoms. The molecule has 0 saturated carbocycles. The van der Waals surface area contributed by atoms with E-state index in [-0.39, 0.29) is 0 Å². The van der Waals surface area contributed by atoms with Crippen LogP contribution in [0.1, 0.15) is 31.7 Å². The van der Waals surface area contributed by atoms with Gasteiger partial charge in [-0.05, 0) is 24.8 Å². The summed E-state index contributed by atoms with van der Waals surface area (Å²) in [4.78, 5) is 0. The van der Waals surface area contributed by atoms with Gasteiger partial charge >= 0.3 is 0 Å². The average Bonchev–Trinajstić information content (AvgIpc) is 2.87. The molecule has 0 radical (unpaired) electrons. The summed E-state index contributed by atoms with van der Waals surface area (Å²) in [7, 11) is 0. The first-order chi connectivity index (χ1) is 8.79. The van der Waals surface area contributed by atoms with Gasteiger partial charge < -0.3 is 5.32 Å². The predicted octanol–water partition coefficient (Wildman–Crippen LogP) is 3.51. The smallest absolute Gasteiger partial charge is 0.147 e. The fourth-order valence-electron chi connectivity index (χ4n) is 2.00. The van der Waals surface area contributed by atoms with Crippen LogP contribution in [-0.2, 0) is 6.54 Å². The molecule has 0 aliphatic carbocycles. The Morgan fingerprint density at radius 3 is 2.67 bits per heavy atom. The molecule has 0 spiro atoms. The third kappa shape index (κ3) is 3.36. The second-order valence-electron chi connectivity index (χ2n) is 4.58. The lowest BCUT2D eigenvalue weighted by atomic mass is 9.98. The maximum Gasteiger partial charge on any atom is 0.147 e. The number of aryl methyl sites for hydroxylation is 1. The Morgan fingerprint density at radius 2 is 2.00 bits per heavy atom. The molecule has 0 fully saturated rings. The number of hydrogen-bond donors (Lipinski definition) is 1. The quantitative estimate of drug-likeness (QED) is 0.841. The van der Waals surface area contributed by atoms with Crippen molar-refractivity contribution >= 4 is 5.82 Å². The summed E-state index contributed by atoms with van der Waals surface area (Å²) in [5.41, 5.74) is 1.40. The lowest BCUT2D eigenvalue weighted by molar-refractivity contribution is 0.657. The topological polar surface area (TPSA) is 29.9 Å². The van der Waals surface area contributed by atoms with Gasteiger partial charge in [-0.25, -0.2) is 0 Å². The number of nitrogens with zero attached hydrogens (tertiary/aromatic N) is 2. The van der Waals surface area contributed by atoms with Gasteiger partial charge in [0.15, 0.2) is 0 Å². The molecular weight excluding hydrogens is 222 g/mol. The lowest BCUT2D eigenvalue weighted by Crippen LogP contribution is -2.07. The van der Waals surface area contributed by atoms with Crippen molar-refractivity contribution in [2.45, 2.75) is 32.7 Å². The fraction of sp³-hybridized carbons (Fsp3) is 0.400. The second kappa shape index (κ2) is 6.24. The van der Waals surface area contributed by atoms with E-state index < -0.39 is 0 Å². The summed E-state index contributed by atoms with van der Waals surface area (Å²) < 4.78 is 1.93. The largest absolute Gasteiger partial charge is 0.369 e. The zero-order valence-electron chi connectivity index (χ0n) is 11.1. The first-order valence-electron chi connectivity index (χ1n) is 6.62. The minimum atomic E-state index is 0.576. The first-order valence-corrected chi connectivity index (χ1v) is 6.62. The van der Waals surface area contributed by atoms with E-state index in [1.807, 2.05) is 16.9 Å². The number of nitrogens with one attached hydrogen (secondary N) is 1. The van der Waals surface area contributed by atoms with E-state index in [0.29, 0.717) is 5.92 Å². The molecule has 96 valence electrons. The van der Waals surface area contributed by atoms with Gasteiger partial charge in [-0.1, -0.05) is 37.3 Å². The molecule has 3 nitrogen and oxygen atoms in total. The Morgan fingerprint density at radius 1 is 1.22 bits per heavy atom. The molecule has 2 aromatic rings. The van der Waals surface area contributed by atoms with Crippen molar-refractivity contribution < 1.29 is 0 Å². The van der Waals surface area contributed by atoms with Crippen LogP contribution >= 0.6 is 0 Å². The molecule has 1 aromatic carbocycles. The molecule has 0 bridgehead atoms. The average molecular weight is 243 g/mol. The molecule has 0 amide bonds. The third-order valence-electron chi connectivity index (χ3n) is 3.22. The van der Waals surface area contributed by atoms with Crippen LogP contribution in [0, 0.1) is 0 Å². The van der Waals surface area contributed by atoms with Crippen LogP contribution in [0.2, 0.25) is 0 Å². The highest BCUT2D eigenvalue weighted by Gasteiger charge is 2.04. The van der Waals surface area contributed by atoms with Gasteiger partial charge in [0.1, 0.15) is 5.82 Å². The van der Waals surface area contributed by atoms with Crippen LogP contribution in [0.4, 0.5) is 5.82 Å². The molecule has 3 heteroatoms. The van der Waals surface area contributed by atoms with E-state index in [1.165, 1.54) is 5.56 Å². The highest BCUT2D eigenvalue weighted by atomic mass is 15.3. The van der Waals surface area contributed by atoms with E-state index in [9.17, 15) is 0 Å². The monoisotopic (exact) mass is 243 g/mol. The number of benzene rings is 1. The van der Waals surface area contributed by atoms with Crippen LogP contribution in [-0.4, -0.2) is 16.3 Å². The lowest BCUT2D eigenvalue weighted by Gasteiger charge is -2.11. The maximum atomic E-state index is 4.40. The molecule has 1 N–H and O–H groups in total. The van der Waals surface area contributed by atoms with Crippen LogP contribution in [0.25, 0.3) is 0 Å². The van der Waals surface area contributed by atoms with E-state index in [2.05, 4.69) is 54.6 Å². The summed E-state index contributed by atoms with van der Waals surface area (Å²) in [6, 6.07) is 12.7. The minimum Gasteiger partial charge on any atom is -0.369 e. The van der Waals surface area contributed by atoms with Crippen LogP contribution in [0.5, 0.6) is 0 Å². The molecular formula is C15H21N3. The van der Waals surface area contributed by atoms with Gasteiger partial charge in [-0.15, -0.1) is 0 Å². The molecule has 1 unspecified atom stereocenters. The van der Waals surface area contributed by atoms with Gasteiger partial charge in [0.25, 0.3) is 0 Å². The number of hydrogen-bond acceptors (Lipinski definition) is 2. The molecule has 1 atom stereocenters. The van der Waals surface area contributed by atoms with E-state index in [1.54, 1.807) is 0 Å². The van der Waals surface area contributed by atoms with Crippen LogP contribution < -0.4 is 5.32 Å². The van der Waals surface area contributed by atoms with E-state index in [0.717, 1.165) is 25.3 Å². The minimum absolute atomic E-state index is 0.576. The summed E-state index contributed by atoms with van der Waals surface area (Å²) in [6.07, 6.45) is 3.12. The molecule has 1 aromatic heterocycles. The van der Waals surface area contributed by atoms with Crippen molar-refractivity contribution in [3.05, 3.63) is 48.2 Å². The van der Waals surface area contributed by atoms with Crippen molar-refractivity contribution in [2.75, 3.05) is 11.9 Å². The standard InChI is InChI=1S/C15H21N3/c1-3-18-12-10-15(17-18)16-11-9-13(2)14-7-5-4-6-8-14/h4-8,10,12-13H,3,9,11H2,1-2H3,(H,16,17). The maximum absolute atomic E-state index is 4.40. The number of rotatable bonds is 6. The zero-order chi connectivity index (χ0) is 12.8. The summed E-state index contributed by atoms with van der Waals surface area (Å²) in [5, 5.41) is 7.77. The summed E-state index contributed by atoms with van der Waals surface area (Å²) in [6.45, 7) is 6.23. The normalized spacial score (nSPS) is 12.3. The number of anilines is 1. The second-order valence-corrected chi connectivity index (χ2v) is 4.58. The Balaban J connectivity index is 1.78. The van der Waals surface area contributed by atoms with Crippen LogP contribution in [0.15, 0.2) is 42.6 Å². The van der Waals surface area contributed by atoms with Gasteiger partial charge in [-0.2, -0.15) is 5.10 Å². The van der Waals surface area contributed by atoms with Gasteiger partial charge in [0, 0.05) is 25.4 Å². The van der Waals surface area contributed by atoms with Crippen molar-refractivity contribution in [3.8, 4) is 0 Å². The number of aromatic nitrogens is 2. The third-order valence-corrected chi connectivity index (χ3v) is 3.22. The zero-order valence-corrected chi connectivity index (χ0v) is 11.1. The summed E-state index contributed by atoms with van der Waals surface area (Å²) in [5.74, 6) is 1.55. The van der Waals surface area contributed by atoms with E-state index in [4.69, 9.17) is 0 Å². The molecule has 0 aliphatic heterocycles. The van der Waals surface area contributed by atoms with Crippen molar-refractivity contribution in [3.63, 3.8) is 0 Å². The SMILES string of the molecule is CCn1ccc(NCCC(C)c2ccccc2)n1. The fourth-order valence-corrected chi connectivity index (χ4v) is 2.00. The van der Waals surface area contributed by atoms with Crippen molar-refractivity contribution in [1.82, 2.24) is 9.78 Å². The molecule has 0 saturated heterocycles. The van der Waals surface area contributed by atoms with Gasteiger partial charge in [0.2, 0.25) is 0 Å². The first kappa shape index (κ1) is 12.7. The van der Waals surface area contributed by atoms with Gasteiger partial charge in [0.05, 0.1) is 0 Å². The van der Waals surface area contributed by atoms with Gasteiger partial charge in [-0.3, -0.25) is 4.68 Å². The highest BCUT2D eigenvalue weighted by molar-refractivity contribution is 5.32. The highest BCUT2D eigenvalue weighted by Crippen LogP contribution is 2.18. The van der Waals surface area contributed by atoms with Crippen molar-refractivity contribution in [1.29, 1.82) is 0 Å². The Bertz CT molecular complexity index is 462.